The van der Waals surface area contributed by atoms with Gasteiger partial charge in [0.05, 0.1) is 25.0 Å². The second-order valence-electron chi connectivity index (χ2n) is 6.85. The molecule has 30 heavy (non-hydrogen) atoms. The van der Waals surface area contributed by atoms with Crippen LogP contribution in [0.15, 0.2) is 60.9 Å². The zero-order valence-electron chi connectivity index (χ0n) is 17.0. The predicted octanol–water partition coefficient (Wildman–Crippen LogP) is 3.47. The molecule has 0 radical (unpaired) electrons. The van der Waals surface area contributed by atoms with Crippen molar-refractivity contribution in [2.24, 2.45) is 0 Å². The monoisotopic (exact) mass is 402 g/mol. The first-order valence-corrected chi connectivity index (χ1v) is 9.54. The average Bonchev–Trinajstić information content (AvgIpc) is 3.41. The summed E-state index contributed by atoms with van der Waals surface area (Å²) in [6.07, 6.45) is 3.47. The highest BCUT2D eigenvalue weighted by molar-refractivity contribution is 5.93. The molecule has 0 fully saturated rings. The largest absolute Gasteiger partial charge is 0.496 e. The second-order valence-corrected chi connectivity index (χ2v) is 6.85. The highest BCUT2D eigenvalue weighted by Crippen LogP contribution is 2.28. The smallest absolute Gasteiger partial charge is 0.269 e. The Morgan fingerprint density at radius 1 is 1.20 bits per heavy atom. The molecule has 2 N–H and O–H groups in total. The highest BCUT2D eigenvalue weighted by atomic mass is 16.5. The summed E-state index contributed by atoms with van der Waals surface area (Å²) in [5.41, 5.74) is 3.66. The van der Waals surface area contributed by atoms with Crippen LogP contribution in [0.4, 0.5) is 0 Å². The molecule has 4 aromatic rings. The van der Waals surface area contributed by atoms with Crippen molar-refractivity contribution in [1.82, 2.24) is 30.3 Å². The lowest BCUT2D eigenvalue weighted by Gasteiger charge is -2.13. The van der Waals surface area contributed by atoms with E-state index in [1.54, 1.807) is 30.3 Å². The number of nitrogens with zero attached hydrogens (tertiary/aromatic N) is 4. The van der Waals surface area contributed by atoms with E-state index in [-0.39, 0.29) is 11.9 Å². The number of aromatic amines is 1. The minimum Gasteiger partial charge on any atom is -0.496 e. The summed E-state index contributed by atoms with van der Waals surface area (Å²) in [6.45, 7) is 3.87. The number of carbonyl (C=O) groups is 1. The van der Waals surface area contributed by atoms with Crippen LogP contribution < -0.4 is 10.1 Å². The number of ether oxygens (including phenoxy) is 1. The van der Waals surface area contributed by atoms with Gasteiger partial charge in [0, 0.05) is 23.0 Å². The molecule has 0 saturated heterocycles. The molecule has 0 spiro atoms. The molecule has 0 aliphatic rings. The van der Waals surface area contributed by atoms with Gasteiger partial charge in [0.2, 0.25) is 0 Å². The highest BCUT2D eigenvalue weighted by Gasteiger charge is 2.19. The van der Waals surface area contributed by atoms with Gasteiger partial charge in [-0.1, -0.05) is 18.2 Å². The van der Waals surface area contributed by atoms with Gasteiger partial charge in [0.25, 0.3) is 5.91 Å². The predicted molar refractivity (Wildman–Crippen MR) is 113 cm³/mol. The molecule has 8 heteroatoms. The van der Waals surface area contributed by atoms with Gasteiger partial charge in [-0.15, -0.1) is 0 Å². The summed E-state index contributed by atoms with van der Waals surface area (Å²) in [5, 5.41) is 14.5. The van der Waals surface area contributed by atoms with Gasteiger partial charge in [-0.05, 0) is 44.2 Å². The lowest BCUT2D eigenvalue weighted by molar-refractivity contribution is 0.0934. The molecule has 1 atom stereocenters. The Labute approximate surface area is 173 Å². The number of amides is 1. The third-order valence-electron chi connectivity index (χ3n) is 4.93. The first-order valence-electron chi connectivity index (χ1n) is 9.54. The number of hydrogen-bond donors (Lipinski definition) is 2. The van der Waals surface area contributed by atoms with Crippen molar-refractivity contribution in [3.63, 3.8) is 0 Å². The van der Waals surface area contributed by atoms with E-state index in [4.69, 9.17) is 4.74 Å². The third-order valence-corrected chi connectivity index (χ3v) is 4.93. The van der Waals surface area contributed by atoms with Crippen LogP contribution in [-0.4, -0.2) is 38.0 Å². The average molecular weight is 402 g/mol. The Morgan fingerprint density at radius 3 is 2.77 bits per heavy atom. The van der Waals surface area contributed by atoms with Gasteiger partial charge in [-0.2, -0.15) is 10.2 Å². The van der Waals surface area contributed by atoms with E-state index < -0.39 is 0 Å². The molecule has 0 aliphatic heterocycles. The molecule has 0 unspecified atom stereocenters. The molecule has 1 amide bonds. The second kappa shape index (κ2) is 8.20. The van der Waals surface area contributed by atoms with Gasteiger partial charge < -0.3 is 10.1 Å². The first kappa shape index (κ1) is 19.4. The van der Waals surface area contributed by atoms with Crippen molar-refractivity contribution in [2.75, 3.05) is 7.11 Å². The van der Waals surface area contributed by atoms with Crippen LogP contribution in [0.2, 0.25) is 0 Å². The maximum atomic E-state index is 12.8. The van der Waals surface area contributed by atoms with Crippen molar-refractivity contribution in [3.8, 4) is 22.8 Å². The number of para-hydroxylation sites is 1. The minimum absolute atomic E-state index is 0.243. The maximum Gasteiger partial charge on any atom is 0.269 e. The van der Waals surface area contributed by atoms with E-state index in [9.17, 15) is 4.79 Å². The van der Waals surface area contributed by atoms with Crippen LogP contribution in [0, 0.1) is 6.92 Å². The number of H-pyrrole nitrogens is 1. The number of nitrogens with one attached hydrogen (secondary N) is 2. The normalized spacial score (nSPS) is 11.8. The van der Waals surface area contributed by atoms with Gasteiger partial charge in [0.1, 0.15) is 11.4 Å². The van der Waals surface area contributed by atoms with Crippen LogP contribution in [0.1, 0.15) is 34.7 Å². The summed E-state index contributed by atoms with van der Waals surface area (Å²) < 4.78 is 7.13. The van der Waals surface area contributed by atoms with Crippen molar-refractivity contribution in [3.05, 3.63) is 77.9 Å². The Kier molecular flexibility index (Phi) is 5.30. The van der Waals surface area contributed by atoms with Crippen LogP contribution in [0.5, 0.6) is 5.75 Å². The van der Waals surface area contributed by atoms with E-state index >= 15 is 0 Å². The zero-order chi connectivity index (χ0) is 21.1. The topological polar surface area (TPSA) is 97.7 Å². The molecule has 152 valence electrons. The van der Waals surface area contributed by atoms with Gasteiger partial charge in [-0.25, -0.2) is 9.67 Å². The van der Waals surface area contributed by atoms with Crippen molar-refractivity contribution in [2.45, 2.75) is 19.9 Å². The molecule has 0 saturated carbocycles. The summed E-state index contributed by atoms with van der Waals surface area (Å²) in [6, 6.07) is 14.7. The maximum absolute atomic E-state index is 12.8. The van der Waals surface area contributed by atoms with Crippen molar-refractivity contribution in [1.29, 1.82) is 0 Å². The first-order chi connectivity index (χ1) is 14.6. The number of benzene rings is 1. The van der Waals surface area contributed by atoms with E-state index in [2.05, 4.69) is 25.6 Å². The minimum atomic E-state index is -0.249. The van der Waals surface area contributed by atoms with E-state index in [1.165, 1.54) is 0 Å². The number of pyridine rings is 1. The fourth-order valence-electron chi connectivity index (χ4n) is 3.34. The zero-order valence-corrected chi connectivity index (χ0v) is 17.0. The molecule has 4 rings (SSSR count). The SMILES string of the molecule is COc1ccccc1-c1cc(C(=O)N[C@@H](C)c2cnn(-c3ccccn3)c2C)[nH]n1. The van der Waals surface area contributed by atoms with E-state index in [0.29, 0.717) is 17.1 Å². The molecular formula is C22H22N6O2. The third kappa shape index (κ3) is 3.67. The van der Waals surface area contributed by atoms with Crippen molar-refractivity contribution < 1.29 is 9.53 Å². The standard InChI is InChI=1S/C22H22N6O2/c1-14(17-13-24-28(15(17)2)21-10-6-7-11-23-21)25-22(29)19-12-18(26-27-19)16-8-4-5-9-20(16)30-3/h4-14H,1-3H3,(H,25,29)(H,26,27)/t14-/m0/s1. The summed E-state index contributed by atoms with van der Waals surface area (Å²) in [5.74, 6) is 1.18. The Bertz CT molecular complexity index is 1170. The van der Waals surface area contributed by atoms with E-state index in [0.717, 1.165) is 22.6 Å². The summed E-state index contributed by atoms with van der Waals surface area (Å²) >= 11 is 0. The molecule has 3 heterocycles. The molecule has 0 bridgehead atoms. The number of aromatic nitrogens is 5. The number of rotatable bonds is 6. The van der Waals surface area contributed by atoms with E-state index in [1.807, 2.05) is 56.3 Å². The van der Waals surface area contributed by atoms with Gasteiger partial charge in [-0.3, -0.25) is 9.89 Å². The van der Waals surface area contributed by atoms with Gasteiger partial charge in [0.15, 0.2) is 5.82 Å². The Hall–Kier alpha value is -3.94. The fourth-order valence-corrected chi connectivity index (χ4v) is 3.34. The number of hydrogen-bond acceptors (Lipinski definition) is 5. The van der Waals surface area contributed by atoms with Crippen LogP contribution in [0.3, 0.4) is 0 Å². The van der Waals surface area contributed by atoms with Crippen LogP contribution in [-0.2, 0) is 0 Å². The lowest BCUT2D eigenvalue weighted by Crippen LogP contribution is -2.27. The van der Waals surface area contributed by atoms with Crippen molar-refractivity contribution >= 4 is 5.91 Å². The quantitative estimate of drug-likeness (QED) is 0.515. The summed E-state index contributed by atoms with van der Waals surface area (Å²) in [7, 11) is 1.61. The lowest BCUT2D eigenvalue weighted by atomic mass is 10.1. The van der Waals surface area contributed by atoms with Gasteiger partial charge >= 0.3 is 0 Å². The molecular weight excluding hydrogens is 380 g/mol. The number of methoxy groups -OCH3 is 1. The Morgan fingerprint density at radius 2 is 2.00 bits per heavy atom. The fraction of sp³-hybridized carbons (Fsp3) is 0.182. The summed E-state index contributed by atoms with van der Waals surface area (Å²) in [4.78, 5) is 17.1. The molecule has 8 nitrogen and oxygen atoms in total. The van der Waals surface area contributed by atoms with Crippen LogP contribution in [0.25, 0.3) is 17.1 Å². The Balaban J connectivity index is 1.51. The van der Waals surface area contributed by atoms with Crippen LogP contribution >= 0.6 is 0 Å². The molecule has 1 aromatic carbocycles. The molecule has 3 aromatic heterocycles. The molecule has 0 aliphatic carbocycles. The number of carbonyl (C=O) groups excluding carboxylic acids is 1.